The first-order valence-corrected chi connectivity index (χ1v) is 8.80. The number of amides is 1. The van der Waals surface area contributed by atoms with Crippen molar-refractivity contribution in [2.24, 2.45) is 11.1 Å². The minimum atomic E-state index is -0.475. The molecule has 1 aromatic rings. The van der Waals surface area contributed by atoms with Crippen LogP contribution in [0.1, 0.15) is 43.4 Å². The molecule has 2 rings (SSSR count). The average Bonchev–Trinajstić information content (AvgIpc) is 2.77. The zero-order valence-corrected chi connectivity index (χ0v) is 15.4. The van der Waals surface area contributed by atoms with E-state index in [1.54, 1.807) is 16.2 Å². The molecule has 5 nitrogen and oxygen atoms in total. The molecule has 0 atom stereocenters. The molecule has 0 saturated carbocycles. The molecule has 1 N–H and O–H groups in total. The first-order chi connectivity index (χ1) is 10.7. The molecular formula is C16H25BN2O3S. The van der Waals surface area contributed by atoms with Crippen LogP contribution in [0.5, 0.6) is 0 Å². The van der Waals surface area contributed by atoms with Gasteiger partial charge in [-0.25, -0.2) is 4.79 Å². The molecule has 1 fully saturated rings. The fourth-order valence-corrected chi connectivity index (χ4v) is 3.96. The maximum absolute atomic E-state index is 12.1. The molecule has 126 valence electrons. The number of oxime groups is 1. The van der Waals surface area contributed by atoms with Crippen LogP contribution in [-0.2, 0) is 4.74 Å². The fraction of sp³-hybridized carbons (Fsp3) is 0.625. The lowest BCUT2D eigenvalue weighted by atomic mass is 9.86. The second kappa shape index (κ2) is 6.95. The maximum Gasteiger partial charge on any atom is 0.410 e. The molecule has 0 radical (unpaired) electrons. The number of hydrogen-bond donors (Lipinski definition) is 1. The monoisotopic (exact) mass is 336 g/mol. The summed E-state index contributed by atoms with van der Waals surface area (Å²) in [4.78, 5) is 16.1. The summed E-state index contributed by atoms with van der Waals surface area (Å²) in [6, 6.07) is 2.11. The smallest absolute Gasteiger partial charge is 0.410 e. The van der Waals surface area contributed by atoms with E-state index in [1.165, 1.54) is 4.88 Å². The molecule has 23 heavy (non-hydrogen) atoms. The number of rotatable bonds is 2. The predicted molar refractivity (Wildman–Crippen MR) is 96.1 cm³/mol. The van der Waals surface area contributed by atoms with Crippen LogP contribution in [0.25, 0.3) is 0 Å². The molecule has 1 aliphatic rings. The fourth-order valence-electron chi connectivity index (χ4n) is 2.87. The van der Waals surface area contributed by atoms with Gasteiger partial charge in [-0.1, -0.05) is 16.7 Å². The zero-order chi connectivity index (χ0) is 17.2. The normalized spacial score (nSPS) is 17.4. The van der Waals surface area contributed by atoms with Crippen LogP contribution in [0.15, 0.2) is 11.2 Å². The van der Waals surface area contributed by atoms with E-state index in [1.807, 2.05) is 28.6 Å². The Hall–Kier alpha value is -1.50. The molecule has 0 aromatic carbocycles. The standard InChI is InChI=1S/C16H25BN2O3S/c1-10-9-12(17)14(23-10)13(18-21)11-5-7-19(8-6-11)15(20)22-16(2,3)4/h9,11,21H,5-8,17H2,1-4H3/b18-13+. The molecule has 1 aromatic heterocycles. The van der Waals surface area contributed by atoms with E-state index in [-0.39, 0.29) is 12.0 Å². The van der Waals surface area contributed by atoms with Gasteiger partial charge in [0.15, 0.2) is 0 Å². The summed E-state index contributed by atoms with van der Waals surface area (Å²) < 4.78 is 5.42. The van der Waals surface area contributed by atoms with Crippen LogP contribution in [0.4, 0.5) is 4.79 Å². The van der Waals surface area contributed by atoms with Gasteiger partial charge in [-0.05, 0) is 40.5 Å². The third kappa shape index (κ3) is 4.50. The molecule has 1 saturated heterocycles. The summed E-state index contributed by atoms with van der Waals surface area (Å²) in [5.74, 6) is 0.176. The molecule has 0 unspecified atom stereocenters. The lowest BCUT2D eigenvalue weighted by Gasteiger charge is -2.33. The van der Waals surface area contributed by atoms with Crippen LogP contribution < -0.4 is 5.46 Å². The second-order valence-corrected chi connectivity index (χ2v) is 8.35. The van der Waals surface area contributed by atoms with Gasteiger partial charge in [0.1, 0.15) is 13.4 Å². The molecule has 0 aliphatic carbocycles. The maximum atomic E-state index is 12.1. The van der Waals surface area contributed by atoms with Gasteiger partial charge >= 0.3 is 6.09 Å². The van der Waals surface area contributed by atoms with Crippen molar-refractivity contribution in [2.75, 3.05) is 13.1 Å². The summed E-state index contributed by atoms with van der Waals surface area (Å²) in [6.45, 7) is 8.92. The van der Waals surface area contributed by atoms with Gasteiger partial charge in [-0.2, -0.15) is 0 Å². The Morgan fingerprint density at radius 2 is 2.04 bits per heavy atom. The number of aryl methyl sites for hydroxylation is 1. The van der Waals surface area contributed by atoms with Crippen LogP contribution in [-0.4, -0.2) is 48.4 Å². The number of carbonyl (C=O) groups is 1. The molecule has 2 heterocycles. The van der Waals surface area contributed by atoms with E-state index in [9.17, 15) is 10.0 Å². The molecule has 0 spiro atoms. The van der Waals surface area contributed by atoms with Crippen molar-refractivity contribution in [3.63, 3.8) is 0 Å². The van der Waals surface area contributed by atoms with Crippen molar-refractivity contribution in [3.05, 3.63) is 15.8 Å². The number of piperidine rings is 1. The molecule has 1 amide bonds. The van der Waals surface area contributed by atoms with Crippen LogP contribution in [0.3, 0.4) is 0 Å². The first-order valence-electron chi connectivity index (χ1n) is 7.98. The summed E-state index contributed by atoms with van der Waals surface area (Å²) >= 11 is 1.66. The van der Waals surface area contributed by atoms with Gasteiger partial charge in [0.2, 0.25) is 0 Å². The van der Waals surface area contributed by atoms with E-state index in [0.29, 0.717) is 13.1 Å². The number of hydrogen-bond acceptors (Lipinski definition) is 5. The van der Waals surface area contributed by atoms with Crippen molar-refractivity contribution < 1.29 is 14.7 Å². The van der Waals surface area contributed by atoms with Gasteiger partial charge in [0.05, 0.1) is 5.71 Å². The second-order valence-electron chi connectivity index (χ2n) is 7.10. The molecular weight excluding hydrogens is 311 g/mol. The zero-order valence-electron chi connectivity index (χ0n) is 14.5. The van der Waals surface area contributed by atoms with Crippen molar-refractivity contribution in [1.82, 2.24) is 4.90 Å². The third-order valence-corrected chi connectivity index (χ3v) is 5.09. The summed E-state index contributed by atoms with van der Waals surface area (Å²) in [6.07, 6.45) is 1.31. The van der Waals surface area contributed by atoms with E-state index in [4.69, 9.17) is 4.74 Å². The Balaban J connectivity index is 2.01. The quantitative estimate of drug-likeness (QED) is 0.390. The first kappa shape index (κ1) is 17.9. The predicted octanol–water partition coefficient (Wildman–Crippen LogP) is 2.14. The third-order valence-electron chi connectivity index (χ3n) is 3.91. The lowest BCUT2D eigenvalue weighted by Crippen LogP contribution is -2.43. The topological polar surface area (TPSA) is 62.1 Å². The van der Waals surface area contributed by atoms with Gasteiger partial charge in [0.25, 0.3) is 0 Å². The van der Waals surface area contributed by atoms with Gasteiger partial charge in [-0.15, -0.1) is 11.3 Å². The number of likely N-dealkylation sites (tertiary alicyclic amines) is 1. The number of carbonyl (C=O) groups excluding carboxylic acids is 1. The minimum absolute atomic E-state index is 0.176. The molecule has 0 bridgehead atoms. The van der Waals surface area contributed by atoms with Gasteiger partial charge in [-0.3, -0.25) is 0 Å². The van der Waals surface area contributed by atoms with E-state index >= 15 is 0 Å². The van der Waals surface area contributed by atoms with Crippen molar-refractivity contribution in [2.45, 2.75) is 46.1 Å². The summed E-state index contributed by atoms with van der Waals surface area (Å²) in [5, 5.41) is 13.1. The highest BCUT2D eigenvalue weighted by Gasteiger charge is 2.30. The lowest BCUT2D eigenvalue weighted by molar-refractivity contribution is 0.0201. The van der Waals surface area contributed by atoms with Gasteiger partial charge < -0.3 is 14.8 Å². The minimum Gasteiger partial charge on any atom is -0.444 e. The Labute approximate surface area is 142 Å². The van der Waals surface area contributed by atoms with Crippen molar-refractivity contribution in [3.8, 4) is 0 Å². The Kier molecular flexibility index (Phi) is 5.39. The summed E-state index contributed by atoms with van der Waals surface area (Å²) in [7, 11) is 2.04. The SMILES string of the molecule is Bc1cc(C)sc1/C(=N/O)C1CCN(C(=O)OC(C)(C)C)CC1. The number of ether oxygens (including phenoxy) is 1. The Bertz CT molecular complexity index is 599. The van der Waals surface area contributed by atoms with Crippen LogP contribution >= 0.6 is 11.3 Å². The highest BCUT2D eigenvalue weighted by atomic mass is 32.1. The largest absolute Gasteiger partial charge is 0.444 e. The Morgan fingerprint density at radius 3 is 2.48 bits per heavy atom. The number of nitrogens with zero attached hydrogens (tertiary/aromatic N) is 2. The van der Waals surface area contributed by atoms with Gasteiger partial charge in [0, 0.05) is 28.8 Å². The summed E-state index contributed by atoms with van der Waals surface area (Å²) in [5.41, 5.74) is 1.43. The molecule has 1 aliphatic heterocycles. The van der Waals surface area contributed by atoms with Crippen LogP contribution in [0, 0.1) is 12.8 Å². The number of thiophene rings is 1. The highest BCUT2D eigenvalue weighted by Crippen LogP contribution is 2.26. The Morgan fingerprint density at radius 1 is 1.43 bits per heavy atom. The van der Waals surface area contributed by atoms with Crippen LogP contribution in [0.2, 0.25) is 0 Å². The van der Waals surface area contributed by atoms with E-state index in [2.05, 4.69) is 18.1 Å². The molecule has 7 heteroatoms. The van der Waals surface area contributed by atoms with Crippen molar-refractivity contribution >= 4 is 36.5 Å². The average molecular weight is 336 g/mol. The van der Waals surface area contributed by atoms with E-state index < -0.39 is 5.60 Å². The van der Waals surface area contributed by atoms with E-state index in [0.717, 1.165) is 28.9 Å². The van der Waals surface area contributed by atoms with Crippen molar-refractivity contribution in [1.29, 1.82) is 0 Å². The highest BCUT2D eigenvalue weighted by molar-refractivity contribution is 7.15.